The van der Waals surface area contributed by atoms with Crippen LogP contribution < -0.4 is 5.73 Å². The summed E-state index contributed by atoms with van der Waals surface area (Å²) < 4.78 is 13.4. The first-order chi connectivity index (χ1) is 7.70. The predicted octanol–water partition coefficient (Wildman–Crippen LogP) is 2.03. The maximum Gasteiger partial charge on any atom is 0.216 e. The molecule has 0 saturated heterocycles. The Morgan fingerprint density at radius 1 is 1.19 bits per heavy atom. The highest BCUT2D eigenvalue weighted by atomic mass is 19.1. The van der Waals surface area contributed by atoms with Gasteiger partial charge in [-0.15, -0.1) is 0 Å². The lowest BCUT2D eigenvalue weighted by Crippen LogP contribution is -2.09. The number of hydrogen-bond donors (Lipinski definition) is 1. The zero-order chi connectivity index (χ0) is 11.5. The molecule has 4 heteroatoms. The molecule has 1 aromatic heterocycles. The number of hydrogen-bond acceptors (Lipinski definition) is 3. The van der Waals surface area contributed by atoms with E-state index in [1.165, 1.54) is 24.4 Å². The number of aromatic nitrogens is 1. The Kier molecular flexibility index (Phi) is 2.64. The van der Waals surface area contributed by atoms with Gasteiger partial charge in [-0.3, -0.25) is 9.78 Å². The molecule has 16 heavy (non-hydrogen) atoms. The van der Waals surface area contributed by atoms with Gasteiger partial charge in [0.2, 0.25) is 5.78 Å². The van der Waals surface area contributed by atoms with Crippen molar-refractivity contribution >= 4 is 11.5 Å². The van der Waals surface area contributed by atoms with Crippen LogP contribution in [0.5, 0.6) is 0 Å². The fourth-order valence-electron chi connectivity index (χ4n) is 1.38. The molecule has 0 saturated carbocycles. The van der Waals surface area contributed by atoms with E-state index in [0.717, 1.165) is 0 Å². The van der Waals surface area contributed by atoms with Gasteiger partial charge in [-0.2, -0.15) is 0 Å². The minimum absolute atomic E-state index is 0.0205. The number of pyridine rings is 1. The summed E-state index contributed by atoms with van der Waals surface area (Å²) in [7, 11) is 0. The lowest BCUT2D eigenvalue weighted by Gasteiger charge is -2.03. The molecule has 0 aliphatic rings. The molecule has 0 radical (unpaired) electrons. The van der Waals surface area contributed by atoms with Crippen LogP contribution in [-0.4, -0.2) is 10.8 Å². The molecule has 2 aromatic rings. The van der Waals surface area contributed by atoms with Crippen LogP contribution in [-0.2, 0) is 0 Å². The molecule has 3 nitrogen and oxygen atoms in total. The number of benzene rings is 1. The molecule has 0 spiro atoms. The van der Waals surface area contributed by atoms with E-state index in [9.17, 15) is 9.18 Å². The smallest absolute Gasteiger partial charge is 0.216 e. The van der Waals surface area contributed by atoms with Crippen molar-refractivity contribution in [2.24, 2.45) is 0 Å². The van der Waals surface area contributed by atoms with Gasteiger partial charge in [0, 0.05) is 6.20 Å². The van der Waals surface area contributed by atoms with Gasteiger partial charge in [-0.25, -0.2) is 4.39 Å². The van der Waals surface area contributed by atoms with Gasteiger partial charge < -0.3 is 5.73 Å². The first kappa shape index (κ1) is 10.3. The highest BCUT2D eigenvalue weighted by Crippen LogP contribution is 2.15. The Morgan fingerprint density at radius 2 is 1.94 bits per heavy atom. The molecule has 0 atom stereocenters. The third-order valence-electron chi connectivity index (χ3n) is 2.17. The second-order valence-electron chi connectivity index (χ2n) is 3.25. The number of nitrogens with zero attached hydrogens (tertiary/aromatic N) is 1. The van der Waals surface area contributed by atoms with Crippen molar-refractivity contribution in [3.63, 3.8) is 0 Å². The van der Waals surface area contributed by atoms with E-state index < -0.39 is 11.6 Å². The van der Waals surface area contributed by atoms with Crippen LogP contribution in [0.15, 0.2) is 42.6 Å². The molecule has 0 fully saturated rings. The van der Waals surface area contributed by atoms with Gasteiger partial charge >= 0.3 is 0 Å². The molecule has 2 rings (SSSR count). The Hall–Kier alpha value is -2.23. The van der Waals surface area contributed by atoms with Crippen molar-refractivity contribution in [3.8, 4) is 0 Å². The molecule has 0 bridgehead atoms. The predicted molar refractivity (Wildman–Crippen MR) is 58.5 cm³/mol. The summed E-state index contributed by atoms with van der Waals surface area (Å²) in [5.41, 5.74) is 5.91. The maximum absolute atomic E-state index is 13.4. The van der Waals surface area contributed by atoms with Gasteiger partial charge in [0.05, 0.1) is 11.3 Å². The molecule has 2 N–H and O–H groups in total. The van der Waals surface area contributed by atoms with Crippen LogP contribution in [0.1, 0.15) is 16.1 Å². The van der Waals surface area contributed by atoms with Gasteiger partial charge in [-0.1, -0.05) is 12.1 Å². The zero-order valence-electron chi connectivity index (χ0n) is 8.35. The summed E-state index contributed by atoms with van der Waals surface area (Å²) in [5, 5.41) is 0. The normalized spacial score (nSPS) is 10.1. The van der Waals surface area contributed by atoms with Crippen LogP contribution in [0.3, 0.4) is 0 Å². The van der Waals surface area contributed by atoms with Crippen LogP contribution in [0.4, 0.5) is 10.1 Å². The third-order valence-corrected chi connectivity index (χ3v) is 2.17. The Balaban J connectivity index is 2.48. The molecule has 80 valence electrons. The molecular weight excluding hydrogens is 207 g/mol. The maximum atomic E-state index is 13.4. The largest absolute Gasteiger partial charge is 0.397 e. The van der Waals surface area contributed by atoms with Crippen LogP contribution >= 0.6 is 0 Å². The lowest BCUT2D eigenvalue weighted by molar-refractivity contribution is 0.103. The first-order valence-corrected chi connectivity index (χ1v) is 4.70. The van der Waals surface area contributed by atoms with Gasteiger partial charge in [-0.05, 0) is 24.3 Å². The number of nitrogen functional groups attached to an aromatic ring is 1. The minimum Gasteiger partial charge on any atom is -0.397 e. The minimum atomic E-state index is -0.572. The van der Waals surface area contributed by atoms with Crippen molar-refractivity contribution in [3.05, 3.63) is 59.7 Å². The van der Waals surface area contributed by atoms with E-state index in [0.29, 0.717) is 0 Å². The summed E-state index contributed by atoms with van der Waals surface area (Å²) >= 11 is 0. The number of halogens is 1. The lowest BCUT2D eigenvalue weighted by atomic mass is 10.1. The number of rotatable bonds is 2. The summed E-state index contributed by atoms with van der Waals surface area (Å²) in [6.07, 6.45) is 1.45. The van der Waals surface area contributed by atoms with E-state index in [1.807, 2.05) is 0 Å². The second kappa shape index (κ2) is 4.10. The highest BCUT2D eigenvalue weighted by molar-refractivity contribution is 6.10. The Morgan fingerprint density at radius 3 is 2.62 bits per heavy atom. The van der Waals surface area contributed by atoms with Gasteiger partial charge in [0.15, 0.2) is 0 Å². The van der Waals surface area contributed by atoms with Crippen molar-refractivity contribution in [2.75, 3.05) is 5.73 Å². The van der Waals surface area contributed by atoms with Crippen LogP contribution in [0.25, 0.3) is 0 Å². The van der Waals surface area contributed by atoms with Gasteiger partial charge in [0.25, 0.3) is 0 Å². The zero-order valence-corrected chi connectivity index (χ0v) is 8.35. The quantitative estimate of drug-likeness (QED) is 0.781. The summed E-state index contributed by atoms with van der Waals surface area (Å²) in [5.74, 6) is -1.08. The first-order valence-electron chi connectivity index (χ1n) is 4.70. The molecule has 1 heterocycles. The number of anilines is 1. The number of nitrogens with two attached hydrogens (primary N) is 1. The van der Waals surface area contributed by atoms with Crippen LogP contribution in [0, 0.1) is 5.82 Å². The number of carbonyl (C=O) groups is 1. The molecule has 0 unspecified atom stereocenters. The Bertz CT molecular complexity index is 493. The van der Waals surface area contributed by atoms with Crippen molar-refractivity contribution in [1.29, 1.82) is 0 Å². The molecule has 0 aliphatic heterocycles. The summed E-state index contributed by atoms with van der Waals surface area (Å²) in [4.78, 5) is 15.8. The molecule has 0 amide bonds. The van der Waals surface area contributed by atoms with Crippen molar-refractivity contribution in [1.82, 2.24) is 4.98 Å². The monoisotopic (exact) mass is 216 g/mol. The van der Waals surface area contributed by atoms with Crippen LogP contribution in [0.2, 0.25) is 0 Å². The number of ketones is 1. The third kappa shape index (κ3) is 1.77. The average molecular weight is 216 g/mol. The SMILES string of the molecule is Nc1cccnc1C(=O)c1ccccc1F. The topological polar surface area (TPSA) is 56.0 Å². The van der Waals surface area contributed by atoms with E-state index in [1.54, 1.807) is 18.2 Å². The standard InChI is InChI=1S/C12H9FN2O/c13-9-5-2-1-4-8(9)12(16)11-10(14)6-3-7-15-11/h1-7H,14H2. The van der Waals surface area contributed by atoms with E-state index in [2.05, 4.69) is 4.98 Å². The molecule has 1 aromatic carbocycles. The molecular formula is C12H9FN2O. The second-order valence-corrected chi connectivity index (χ2v) is 3.25. The Labute approximate surface area is 91.7 Å². The average Bonchev–Trinajstić information content (AvgIpc) is 2.29. The molecule has 0 aliphatic carbocycles. The summed E-state index contributed by atoms with van der Waals surface area (Å²) in [6, 6.07) is 8.93. The fourth-order valence-corrected chi connectivity index (χ4v) is 1.38. The van der Waals surface area contributed by atoms with E-state index in [-0.39, 0.29) is 16.9 Å². The number of carbonyl (C=O) groups excluding carboxylic acids is 1. The van der Waals surface area contributed by atoms with E-state index >= 15 is 0 Å². The van der Waals surface area contributed by atoms with E-state index in [4.69, 9.17) is 5.73 Å². The highest BCUT2D eigenvalue weighted by Gasteiger charge is 2.16. The fraction of sp³-hybridized carbons (Fsp3) is 0. The van der Waals surface area contributed by atoms with Crippen molar-refractivity contribution < 1.29 is 9.18 Å². The van der Waals surface area contributed by atoms with Crippen molar-refractivity contribution in [2.45, 2.75) is 0 Å². The summed E-state index contributed by atoms with van der Waals surface area (Å²) in [6.45, 7) is 0. The van der Waals surface area contributed by atoms with Gasteiger partial charge in [0.1, 0.15) is 11.5 Å².